The molecule has 1 aromatic heterocycles. The molecule has 2 fully saturated rings. The molecule has 146 valence electrons. The van der Waals surface area contributed by atoms with Crippen molar-refractivity contribution in [1.29, 1.82) is 0 Å². The monoisotopic (exact) mass is 380 g/mol. The van der Waals surface area contributed by atoms with Crippen molar-refractivity contribution in [3.63, 3.8) is 0 Å². The number of rotatable bonds is 4. The summed E-state index contributed by atoms with van der Waals surface area (Å²) in [6.07, 6.45) is -0.204. The summed E-state index contributed by atoms with van der Waals surface area (Å²) >= 11 is 0. The maximum Gasteiger partial charge on any atom is 0.451 e. The highest BCUT2D eigenvalue weighted by molar-refractivity contribution is 5.90. The Bertz CT molecular complexity index is 830. The van der Waals surface area contributed by atoms with Crippen LogP contribution in [0, 0.1) is 0 Å². The van der Waals surface area contributed by atoms with Crippen LogP contribution in [0.25, 0.3) is 10.9 Å². The number of aromatic nitrogens is 2. The van der Waals surface area contributed by atoms with Crippen LogP contribution in [0.3, 0.4) is 0 Å². The number of halogens is 3. The molecule has 5 nitrogen and oxygen atoms in total. The SMILES string of the molecule is COc1ccc2nc(C(F)(F)F)nc(N(C)C3CCN(C4CC4)CC3)c2c1. The normalized spacial score (nSPS) is 19.4. The van der Waals surface area contributed by atoms with Gasteiger partial charge in [-0.1, -0.05) is 0 Å². The lowest BCUT2D eigenvalue weighted by Gasteiger charge is -2.37. The zero-order chi connectivity index (χ0) is 19.2. The Hall–Kier alpha value is -2.09. The van der Waals surface area contributed by atoms with Crippen molar-refractivity contribution in [2.45, 2.75) is 43.9 Å². The maximum atomic E-state index is 13.3. The lowest BCUT2D eigenvalue weighted by molar-refractivity contribution is -0.144. The predicted octanol–water partition coefficient (Wildman–Crippen LogP) is 3.72. The van der Waals surface area contributed by atoms with Gasteiger partial charge in [-0.05, 0) is 43.9 Å². The minimum absolute atomic E-state index is 0.158. The van der Waals surface area contributed by atoms with Crippen molar-refractivity contribution in [3.05, 3.63) is 24.0 Å². The van der Waals surface area contributed by atoms with Gasteiger partial charge in [0.2, 0.25) is 5.82 Å². The quantitative estimate of drug-likeness (QED) is 0.809. The van der Waals surface area contributed by atoms with E-state index in [-0.39, 0.29) is 11.6 Å². The minimum atomic E-state index is -4.58. The van der Waals surface area contributed by atoms with Gasteiger partial charge in [0.05, 0.1) is 12.6 Å². The fourth-order valence-electron chi connectivity index (χ4n) is 3.86. The lowest BCUT2D eigenvalue weighted by Crippen LogP contribution is -2.44. The van der Waals surface area contributed by atoms with Crippen LogP contribution in [0.4, 0.5) is 19.0 Å². The van der Waals surface area contributed by atoms with Gasteiger partial charge >= 0.3 is 6.18 Å². The van der Waals surface area contributed by atoms with E-state index in [1.807, 2.05) is 11.9 Å². The van der Waals surface area contributed by atoms with E-state index in [0.717, 1.165) is 32.0 Å². The molecule has 0 N–H and O–H groups in total. The Morgan fingerprint density at radius 2 is 1.81 bits per heavy atom. The molecule has 0 atom stereocenters. The zero-order valence-electron chi connectivity index (χ0n) is 15.5. The van der Waals surface area contributed by atoms with Gasteiger partial charge in [-0.15, -0.1) is 0 Å². The first kappa shape index (κ1) is 18.3. The van der Waals surface area contributed by atoms with Gasteiger partial charge in [0.25, 0.3) is 0 Å². The molecule has 1 saturated heterocycles. The Kier molecular flexibility index (Phi) is 4.61. The van der Waals surface area contributed by atoms with Crippen molar-refractivity contribution in [1.82, 2.24) is 14.9 Å². The van der Waals surface area contributed by atoms with E-state index in [1.165, 1.54) is 20.0 Å². The Morgan fingerprint density at radius 1 is 1.11 bits per heavy atom. The predicted molar refractivity (Wildman–Crippen MR) is 97.1 cm³/mol. The first-order valence-electron chi connectivity index (χ1n) is 9.26. The van der Waals surface area contributed by atoms with Crippen molar-refractivity contribution < 1.29 is 17.9 Å². The number of alkyl halides is 3. The third kappa shape index (κ3) is 3.67. The fraction of sp³-hybridized carbons (Fsp3) is 0.579. The lowest BCUT2D eigenvalue weighted by atomic mass is 10.0. The van der Waals surface area contributed by atoms with E-state index in [9.17, 15) is 13.2 Å². The summed E-state index contributed by atoms with van der Waals surface area (Å²) in [5, 5.41) is 0.578. The average molecular weight is 380 g/mol. The third-order valence-electron chi connectivity index (χ3n) is 5.58. The van der Waals surface area contributed by atoms with Gasteiger partial charge in [-0.3, -0.25) is 0 Å². The van der Waals surface area contributed by atoms with Crippen LogP contribution in [0.1, 0.15) is 31.5 Å². The third-order valence-corrected chi connectivity index (χ3v) is 5.58. The van der Waals surface area contributed by atoms with Crippen LogP contribution in [0.5, 0.6) is 5.75 Å². The average Bonchev–Trinajstić information content (AvgIpc) is 3.51. The Morgan fingerprint density at radius 3 is 2.41 bits per heavy atom. The van der Waals surface area contributed by atoms with E-state index >= 15 is 0 Å². The van der Waals surface area contributed by atoms with Gasteiger partial charge < -0.3 is 14.5 Å². The van der Waals surface area contributed by atoms with E-state index in [2.05, 4.69) is 14.9 Å². The molecule has 1 aliphatic carbocycles. The number of fused-ring (bicyclic) bond motifs is 1. The molecule has 2 aliphatic rings. The number of benzene rings is 1. The Labute approximate surface area is 156 Å². The molecule has 4 rings (SSSR count). The second-order valence-electron chi connectivity index (χ2n) is 7.36. The number of nitrogens with zero attached hydrogens (tertiary/aromatic N) is 4. The van der Waals surface area contributed by atoms with Crippen LogP contribution in [-0.4, -0.2) is 54.2 Å². The topological polar surface area (TPSA) is 41.5 Å². The highest BCUT2D eigenvalue weighted by atomic mass is 19.4. The van der Waals surface area contributed by atoms with Gasteiger partial charge in [0.1, 0.15) is 11.6 Å². The first-order chi connectivity index (χ1) is 12.9. The summed E-state index contributed by atoms with van der Waals surface area (Å²) in [5.41, 5.74) is 0.274. The summed E-state index contributed by atoms with van der Waals surface area (Å²) in [6.45, 7) is 1.97. The molecule has 1 saturated carbocycles. The van der Waals surface area contributed by atoms with Crippen molar-refractivity contribution in [2.24, 2.45) is 0 Å². The molecule has 2 heterocycles. The molecule has 27 heavy (non-hydrogen) atoms. The molecule has 8 heteroatoms. The number of ether oxygens (including phenoxy) is 1. The highest BCUT2D eigenvalue weighted by Crippen LogP contribution is 2.35. The van der Waals surface area contributed by atoms with Crippen LogP contribution < -0.4 is 9.64 Å². The summed E-state index contributed by atoms with van der Waals surface area (Å²) in [7, 11) is 3.36. The smallest absolute Gasteiger partial charge is 0.451 e. The molecule has 1 aromatic carbocycles. The van der Waals surface area contributed by atoms with E-state index in [4.69, 9.17) is 4.74 Å². The number of methoxy groups -OCH3 is 1. The number of likely N-dealkylation sites (tertiary alicyclic amines) is 1. The summed E-state index contributed by atoms with van der Waals surface area (Å²) in [4.78, 5) is 12.0. The molecule has 2 aromatic rings. The molecule has 0 unspecified atom stereocenters. The fourth-order valence-corrected chi connectivity index (χ4v) is 3.86. The molecule has 0 radical (unpaired) electrons. The molecule has 0 bridgehead atoms. The van der Waals surface area contributed by atoms with E-state index < -0.39 is 12.0 Å². The van der Waals surface area contributed by atoms with Gasteiger partial charge in [0.15, 0.2) is 0 Å². The molecular formula is C19H23F3N4O. The van der Waals surface area contributed by atoms with Crippen LogP contribution in [0.2, 0.25) is 0 Å². The highest BCUT2D eigenvalue weighted by Gasteiger charge is 2.37. The first-order valence-corrected chi connectivity index (χ1v) is 9.26. The standard InChI is InChI=1S/C19H23F3N4O/c1-25(12-7-9-26(10-8-12)13-3-4-13)17-15-11-14(27-2)5-6-16(15)23-18(24-17)19(20,21)22/h5-6,11-13H,3-4,7-10H2,1-2H3. The van der Waals surface area contributed by atoms with Crippen LogP contribution in [-0.2, 0) is 6.18 Å². The Balaban J connectivity index is 1.69. The van der Waals surface area contributed by atoms with Crippen molar-refractivity contribution >= 4 is 16.7 Å². The summed E-state index contributed by atoms with van der Waals surface area (Å²) in [5.74, 6) is -0.211. The number of piperidine rings is 1. The van der Waals surface area contributed by atoms with Gasteiger partial charge in [-0.2, -0.15) is 13.2 Å². The number of hydrogen-bond acceptors (Lipinski definition) is 5. The van der Waals surface area contributed by atoms with E-state index in [0.29, 0.717) is 17.0 Å². The van der Waals surface area contributed by atoms with Crippen LogP contribution >= 0.6 is 0 Å². The largest absolute Gasteiger partial charge is 0.497 e. The summed E-state index contributed by atoms with van der Waals surface area (Å²) < 4.78 is 45.2. The second kappa shape index (κ2) is 6.82. The molecule has 0 amide bonds. The van der Waals surface area contributed by atoms with E-state index in [1.54, 1.807) is 18.2 Å². The molecule has 1 aliphatic heterocycles. The molecular weight excluding hydrogens is 357 g/mol. The van der Waals surface area contributed by atoms with Crippen molar-refractivity contribution in [2.75, 3.05) is 32.1 Å². The second-order valence-corrected chi connectivity index (χ2v) is 7.36. The zero-order valence-corrected chi connectivity index (χ0v) is 15.5. The summed E-state index contributed by atoms with van der Waals surface area (Å²) in [6, 6.07) is 5.76. The number of hydrogen-bond donors (Lipinski definition) is 0. The number of anilines is 1. The molecule has 0 spiro atoms. The van der Waals surface area contributed by atoms with Gasteiger partial charge in [0, 0.05) is 37.6 Å². The van der Waals surface area contributed by atoms with Crippen LogP contribution in [0.15, 0.2) is 18.2 Å². The van der Waals surface area contributed by atoms with Gasteiger partial charge in [-0.25, -0.2) is 9.97 Å². The van der Waals surface area contributed by atoms with Crippen molar-refractivity contribution in [3.8, 4) is 5.75 Å². The minimum Gasteiger partial charge on any atom is -0.497 e. The maximum absolute atomic E-state index is 13.3.